The fourth-order valence-corrected chi connectivity index (χ4v) is 2.89. The molecular weight excluding hydrogens is 280 g/mol. The Balaban J connectivity index is 1.87. The predicted octanol–water partition coefficient (Wildman–Crippen LogP) is 2.46. The summed E-state index contributed by atoms with van der Waals surface area (Å²) in [5.74, 6) is 0. The van der Waals surface area contributed by atoms with Gasteiger partial charge in [-0.25, -0.2) is 0 Å². The quantitative estimate of drug-likeness (QED) is 0.850. The molecule has 0 spiro atoms. The van der Waals surface area contributed by atoms with Crippen LogP contribution >= 0.6 is 12.2 Å². The van der Waals surface area contributed by atoms with Gasteiger partial charge in [-0.05, 0) is 28.9 Å². The largest absolute Gasteiger partial charge is 0.384 e. The van der Waals surface area contributed by atoms with Crippen molar-refractivity contribution in [1.29, 1.82) is 0 Å². The van der Waals surface area contributed by atoms with Gasteiger partial charge < -0.3 is 15.3 Å². The van der Waals surface area contributed by atoms with Crippen LogP contribution in [-0.2, 0) is 6.54 Å². The van der Waals surface area contributed by atoms with Crippen LogP contribution in [0.1, 0.15) is 22.8 Å². The number of hydrogen-bond donors (Lipinski definition) is 2. The molecule has 0 bridgehead atoms. The second-order valence-corrected chi connectivity index (χ2v) is 5.55. The van der Waals surface area contributed by atoms with Gasteiger partial charge in [-0.2, -0.15) is 0 Å². The van der Waals surface area contributed by atoms with Gasteiger partial charge in [0.2, 0.25) is 0 Å². The molecular formula is C17H18N2OS. The van der Waals surface area contributed by atoms with Crippen LogP contribution in [0.15, 0.2) is 54.6 Å². The zero-order chi connectivity index (χ0) is 14.7. The summed E-state index contributed by atoms with van der Waals surface area (Å²) < 4.78 is 0. The number of rotatable bonds is 4. The van der Waals surface area contributed by atoms with Gasteiger partial charge in [-0.1, -0.05) is 54.6 Å². The maximum absolute atomic E-state index is 10.6. The summed E-state index contributed by atoms with van der Waals surface area (Å²) in [5.41, 5.74) is 2.96. The van der Waals surface area contributed by atoms with E-state index in [-0.39, 0.29) is 0 Å². The lowest BCUT2D eigenvalue weighted by Crippen LogP contribution is -2.27. The number of aliphatic hydroxyl groups is 1. The fourth-order valence-electron chi connectivity index (χ4n) is 2.63. The maximum Gasteiger partial charge on any atom is 0.169 e. The van der Waals surface area contributed by atoms with E-state index < -0.39 is 6.10 Å². The second-order valence-electron chi connectivity index (χ2n) is 5.17. The molecule has 21 heavy (non-hydrogen) atoms. The molecule has 0 aliphatic carbocycles. The van der Waals surface area contributed by atoms with Crippen molar-refractivity contribution in [3.8, 4) is 0 Å². The Kier molecular flexibility index (Phi) is 4.18. The Hall–Kier alpha value is -1.91. The second kappa shape index (κ2) is 6.24. The van der Waals surface area contributed by atoms with Crippen molar-refractivity contribution in [2.75, 3.05) is 13.1 Å². The summed E-state index contributed by atoms with van der Waals surface area (Å²) in [7, 11) is 0. The monoisotopic (exact) mass is 298 g/mol. The molecule has 3 rings (SSSR count). The van der Waals surface area contributed by atoms with Crippen molar-refractivity contribution in [2.45, 2.75) is 12.6 Å². The molecule has 108 valence electrons. The van der Waals surface area contributed by atoms with E-state index in [4.69, 9.17) is 12.2 Å². The summed E-state index contributed by atoms with van der Waals surface area (Å²) in [6.45, 7) is 2.53. The Labute approximate surface area is 130 Å². The maximum atomic E-state index is 10.6. The van der Waals surface area contributed by atoms with E-state index in [9.17, 15) is 5.11 Å². The Morgan fingerprint density at radius 3 is 2.52 bits per heavy atom. The molecule has 0 aromatic heterocycles. The summed E-state index contributed by atoms with van der Waals surface area (Å²) in [4.78, 5) is 2.13. The smallest absolute Gasteiger partial charge is 0.169 e. The molecule has 1 fully saturated rings. The van der Waals surface area contributed by atoms with Crippen LogP contribution in [-0.4, -0.2) is 28.2 Å². The Morgan fingerprint density at radius 1 is 1.10 bits per heavy atom. The van der Waals surface area contributed by atoms with Gasteiger partial charge in [0.1, 0.15) is 6.10 Å². The molecule has 1 unspecified atom stereocenters. The zero-order valence-electron chi connectivity index (χ0n) is 11.7. The Bertz CT molecular complexity index is 630. The third kappa shape index (κ3) is 3.06. The molecule has 3 nitrogen and oxygen atoms in total. The number of nitrogens with one attached hydrogen (secondary N) is 1. The first-order valence-electron chi connectivity index (χ1n) is 7.09. The van der Waals surface area contributed by atoms with Crippen LogP contribution < -0.4 is 5.32 Å². The van der Waals surface area contributed by atoms with E-state index in [2.05, 4.69) is 16.3 Å². The predicted molar refractivity (Wildman–Crippen MR) is 88.0 cm³/mol. The van der Waals surface area contributed by atoms with Crippen LogP contribution in [0.5, 0.6) is 0 Å². The molecule has 1 aliphatic rings. The Morgan fingerprint density at radius 2 is 1.81 bits per heavy atom. The summed E-state index contributed by atoms with van der Waals surface area (Å²) in [6, 6.07) is 17.8. The van der Waals surface area contributed by atoms with E-state index in [0.717, 1.165) is 41.4 Å². The molecule has 1 atom stereocenters. The summed E-state index contributed by atoms with van der Waals surface area (Å²) >= 11 is 5.29. The molecule has 0 radical (unpaired) electrons. The third-order valence-electron chi connectivity index (χ3n) is 3.77. The molecule has 1 saturated heterocycles. The molecule has 1 heterocycles. The van der Waals surface area contributed by atoms with Crippen molar-refractivity contribution in [3.63, 3.8) is 0 Å². The lowest BCUT2D eigenvalue weighted by atomic mass is 9.96. The molecule has 2 N–H and O–H groups in total. The molecule has 4 heteroatoms. The topological polar surface area (TPSA) is 35.5 Å². The van der Waals surface area contributed by atoms with E-state index in [1.165, 1.54) is 0 Å². The van der Waals surface area contributed by atoms with Crippen LogP contribution in [0.25, 0.3) is 0 Å². The highest BCUT2D eigenvalue weighted by atomic mass is 32.1. The minimum atomic E-state index is -0.605. The summed E-state index contributed by atoms with van der Waals surface area (Å²) in [5, 5.41) is 14.6. The highest BCUT2D eigenvalue weighted by molar-refractivity contribution is 7.80. The average Bonchev–Trinajstić information content (AvgIpc) is 2.93. The van der Waals surface area contributed by atoms with Gasteiger partial charge >= 0.3 is 0 Å². The van der Waals surface area contributed by atoms with Crippen molar-refractivity contribution in [1.82, 2.24) is 10.2 Å². The molecule has 0 amide bonds. The van der Waals surface area contributed by atoms with Crippen molar-refractivity contribution >= 4 is 17.3 Å². The SMILES string of the molecule is OC(c1ccccc1)c1ccccc1CN1CCNC1=S. The van der Waals surface area contributed by atoms with Crippen molar-refractivity contribution in [3.05, 3.63) is 71.3 Å². The van der Waals surface area contributed by atoms with Crippen LogP contribution in [0, 0.1) is 0 Å². The van der Waals surface area contributed by atoms with Gasteiger partial charge in [-0.3, -0.25) is 0 Å². The minimum absolute atomic E-state index is 0.605. The van der Waals surface area contributed by atoms with E-state index in [1.807, 2.05) is 48.5 Å². The highest BCUT2D eigenvalue weighted by Crippen LogP contribution is 2.26. The first-order valence-corrected chi connectivity index (χ1v) is 7.50. The number of aliphatic hydroxyl groups excluding tert-OH is 1. The van der Waals surface area contributed by atoms with E-state index >= 15 is 0 Å². The third-order valence-corrected chi connectivity index (χ3v) is 4.17. The lowest BCUT2D eigenvalue weighted by Gasteiger charge is -2.21. The standard InChI is InChI=1S/C17H18N2OS/c20-16(13-6-2-1-3-7-13)15-9-5-4-8-14(15)12-19-11-10-18-17(19)21/h1-9,16,20H,10-12H2,(H,18,21). The summed E-state index contributed by atoms with van der Waals surface area (Å²) in [6.07, 6.45) is -0.605. The zero-order valence-corrected chi connectivity index (χ0v) is 12.5. The first-order chi connectivity index (χ1) is 10.3. The number of benzene rings is 2. The van der Waals surface area contributed by atoms with Crippen molar-refractivity contribution in [2.24, 2.45) is 0 Å². The molecule has 0 saturated carbocycles. The van der Waals surface area contributed by atoms with Crippen molar-refractivity contribution < 1.29 is 5.11 Å². The first kappa shape index (κ1) is 14.0. The molecule has 2 aromatic carbocycles. The van der Waals surface area contributed by atoms with Crippen LogP contribution in [0.4, 0.5) is 0 Å². The molecule has 2 aromatic rings. The van der Waals surface area contributed by atoms with E-state index in [0.29, 0.717) is 0 Å². The number of thiocarbonyl (C=S) groups is 1. The van der Waals surface area contributed by atoms with Crippen LogP contribution in [0.3, 0.4) is 0 Å². The molecule has 1 aliphatic heterocycles. The normalized spacial score (nSPS) is 15.9. The van der Waals surface area contributed by atoms with Gasteiger partial charge in [-0.15, -0.1) is 0 Å². The fraction of sp³-hybridized carbons (Fsp3) is 0.235. The van der Waals surface area contributed by atoms with Crippen LogP contribution in [0.2, 0.25) is 0 Å². The minimum Gasteiger partial charge on any atom is -0.384 e. The van der Waals surface area contributed by atoms with Gasteiger partial charge in [0.25, 0.3) is 0 Å². The van der Waals surface area contributed by atoms with Gasteiger partial charge in [0.05, 0.1) is 0 Å². The van der Waals surface area contributed by atoms with Gasteiger partial charge in [0, 0.05) is 19.6 Å². The lowest BCUT2D eigenvalue weighted by molar-refractivity contribution is 0.218. The van der Waals surface area contributed by atoms with Gasteiger partial charge in [0.15, 0.2) is 5.11 Å². The number of hydrogen-bond acceptors (Lipinski definition) is 2. The number of nitrogens with zero attached hydrogens (tertiary/aromatic N) is 1. The average molecular weight is 298 g/mol. The van der Waals surface area contributed by atoms with E-state index in [1.54, 1.807) is 0 Å². The highest BCUT2D eigenvalue weighted by Gasteiger charge is 2.19.